The molecular formula is C17H21N3O. The SMILES string of the molecule is O=C(CNCc1ccc2ncccc2c1)N1CCCCC1. The molecule has 1 N–H and O–H groups in total. The summed E-state index contributed by atoms with van der Waals surface area (Å²) < 4.78 is 0. The van der Waals surface area contributed by atoms with E-state index < -0.39 is 0 Å². The molecular weight excluding hydrogens is 262 g/mol. The van der Waals surface area contributed by atoms with Crippen molar-refractivity contribution in [3.05, 3.63) is 42.1 Å². The number of fused-ring (bicyclic) bond motifs is 1. The fourth-order valence-electron chi connectivity index (χ4n) is 2.80. The Morgan fingerprint density at radius 2 is 2.05 bits per heavy atom. The summed E-state index contributed by atoms with van der Waals surface area (Å²) >= 11 is 0. The Balaban J connectivity index is 1.53. The lowest BCUT2D eigenvalue weighted by molar-refractivity contribution is -0.131. The van der Waals surface area contributed by atoms with Crippen molar-refractivity contribution in [3.63, 3.8) is 0 Å². The number of amides is 1. The molecule has 0 saturated carbocycles. The van der Waals surface area contributed by atoms with E-state index in [1.807, 2.05) is 17.0 Å². The third-order valence-electron chi connectivity index (χ3n) is 3.98. The minimum atomic E-state index is 0.220. The minimum absolute atomic E-state index is 0.220. The predicted molar refractivity (Wildman–Crippen MR) is 83.9 cm³/mol. The number of piperidine rings is 1. The summed E-state index contributed by atoms with van der Waals surface area (Å²) in [7, 11) is 0. The van der Waals surface area contributed by atoms with Gasteiger partial charge in [-0.3, -0.25) is 9.78 Å². The zero-order chi connectivity index (χ0) is 14.5. The van der Waals surface area contributed by atoms with Crippen LogP contribution in [0.15, 0.2) is 36.5 Å². The molecule has 3 rings (SSSR count). The van der Waals surface area contributed by atoms with Crippen LogP contribution in [0.5, 0.6) is 0 Å². The van der Waals surface area contributed by atoms with E-state index >= 15 is 0 Å². The first-order chi connectivity index (χ1) is 10.3. The number of carbonyl (C=O) groups is 1. The van der Waals surface area contributed by atoms with E-state index in [-0.39, 0.29) is 5.91 Å². The van der Waals surface area contributed by atoms with Gasteiger partial charge in [0, 0.05) is 31.2 Å². The largest absolute Gasteiger partial charge is 0.342 e. The zero-order valence-electron chi connectivity index (χ0n) is 12.2. The van der Waals surface area contributed by atoms with Gasteiger partial charge in [-0.05, 0) is 43.0 Å². The summed E-state index contributed by atoms with van der Waals surface area (Å²) in [6.45, 7) is 2.97. The van der Waals surface area contributed by atoms with E-state index in [9.17, 15) is 4.79 Å². The number of hydrogen-bond donors (Lipinski definition) is 1. The molecule has 0 aliphatic carbocycles. The molecule has 1 aromatic carbocycles. The van der Waals surface area contributed by atoms with Crippen LogP contribution in [-0.4, -0.2) is 35.4 Å². The monoisotopic (exact) mass is 283 g/mol. The molecule has 0 radical (unpaired) electrons. The maximum absolute atomic E-state index is 12.1. The molecule has 0 atom stereocenters. The van der Waals surface area contributed by atoms with Gasteiger partial charge in [-0.15, -0.1) is 0 Å². The van der Waals surface area contributed by atoms with E-state index in [0.29, 0.717) is 13.1 Å². The average molecular weight is 283 g/mol. The van der Waals surface area contributed by atoms with Crippen LogP contribution < -0.4 is 5.32 Å². The van der Waals surface area contributed by atoms with Crippen molar-refractivity contribution in [2.45, 2.75) is 25.8 Å². The third kappa shape index (κ3) is 3.58. The molecule has 2 heterocycles. The second-order valence-electron chi connectivity index (χ2n) is 5.58. The summed E-state index contributed by atoms with van der Waals surface area (Å²) in [5.41, 5.74) is 2.19. The van der Waals surface area contributed by atoms with Crippen molar-refractivity contribution in [2.24, 2.45) is 0 Å². The van der Waals surface area contributed by atoms with Crippen LogP contribution >= 0.6 is 0 Å². The van der Waals surface area contributed by atoms with Crippen LogP contribution in [0.1, 0.15) is 24.8 Å². The number of pyridine rings is 1. The molecule has 1 amide bonds. The number of likely N-dealkylation sites (tertiary alicyclic amines) is 1. The molecule has 2 aromatic rings. The molecule has 1 aliphatic rings. The van der Waals surface area contributed by atoms with E-state index in [2.05, 4.69) is 28.5 Å². The van der Waals surface area contributed by atoms with Gasteiger partial charge in [0.15, 0.2) is 0 Å². The summed E-state index contributed by atoms with van der Waals surface area (Å²) in [5, 5.41) is 4.39. The second kappa shape index (κ2) is 6.68. The number of nitrogens with zero attached hydrogens (tertiary/aromatic N) is 2. The van der Waals surface area contributed by atoms with Crippen molar-refractivity contribution in [3.8, 4) is 0 Å². The normalized spacial score (nSPS) is 15.3. The van der Waals surface area contributed by atoms with Crippen molar-refractivity contribution in [2.75, 3.05) is 19.6 Å². The first-order valence-electron chi connectivity index (χ1n) is 7.65. The Morgan fingerprint density at radius 1 is 1.19 bits per heavy atom. The van der Waals surface area contributed by atoms with Crippen LogP contribution in [0.3, 0.4) is 0 Å². The van der Waals surface area contributed by atoms with Gasteiger partial charge in [-0.1, -0.05) is 12.1 Å². The lowest BCUT2D eigenvalue weighted by Gasteiger charge is -2.26. The highest BCUT2D eigenvalue weighted by Crippen LogP contribution is 2.13. The highest BCUT2D eigenvalue weighted by atomic mass is 16.2. The summed E-state index contributed by atoms with van der Waals surface area (Å²) in [6.07, 6.45) is 5.34. The Bertz CT molecular complexity index is 620. The molecule has 0 spiro atoms. The molecule has 0 unspecified atom stereocenters. The smallest absolute Gasteiger partial charge is 0.236 e. The van der Waals surface area contributed by atoms with Crippen molar-refractivity contribution in [1.82, 2.24) is 15.2 Å². The Morgan fingerprint density at radius 3 is 2.90 bits per heavy atom. The van der Waals surface area contributed by atoms with Crippen molar-refractivity contribution < 1.29 is 4.79 Å². The van der Waals surface area contributed by atoms with Gasteiger partial charge >= 0.3 is 0 Å². The Labute approximate surface area is 125 Å². The maximum Gasteiger partial charge on any atom is 0.236 e. The maximum atomic E-state index is 12.1. The summed E-state index contributed by atoms with van der Waals surface area (Å²) in [5.74, 6) is 0.220. The molecule has 1 aliphatic heterocycles. The lowest BCUT2D eigenvalue weighted by atomic mass is 10.1. The fourth-order valence-corrected chi connectivity index (χ4v) is 2.80. The number of rotatable bonds is 4. The number of nitrogens with one attached hydrogen (secondary N) is 1. The molecule has 4 nitrogen and oxygen atoms in total. The summed E-state index contributed by atoms with van der Waals surface area (Å²) in [4.78, 5) is 18.3. The second-order valence-corrected chi connectivity index (χ2v) is 5.58. The van der Waals surface area contributed by atoms with E-state index in [4.69, 9.17) is 0 Å². The molecule has 4 heteroatoms. The molecule has 1 saturated heterocycles. The van der Waals surface area contributed by atoms with Crippen LogP contribution in [0.4, 0.5) is 0 Å². The minimum Gasteiger partial charge on any atom is -0.342 e. The van der Waals surface area contributed by atoms with Crippen molar-refractivity contribution in [1.29, 1.82) is 0 Å². The van der Waals surface area contributed by atoms with Gasteiger partial charge < -0.3 is 10.2 Å². The van der Waals surface area contributed by atoms with Gasteiger partial charge in [0.2, 0.25) is 5.91 Å². The molecule has 1 aromatic heterocycles. The highest BCUT2D eigenvalue weighted by molar-refractivity contribution is 5.79. The Kier molecular flexibility index (Phi) is 4.46. The molecule has 1 fully saturated rings. The summed E-state index contributed by atoms with van der Waals surface area (Å²) in [6, 6.07) is 10.2. The molecule has 21 heavy (non-hydrogen) atoms. The molecule has 110 valence electrons. The molecule has 0 bridgehead atoms. The number of carbonyl (C=O) groups excluding carboxylic acids is 1. The van der Waals surface area contributed by atoms with Gasteiger partial charge in [0.1, 0.15) is 0 Å². The van der Waals surface area contributed by atoms with Crippen LogP contribution in [0.25, 0.3) is 10.9 Å². The number of hydrogen-bond acceptors (Lipinski definition) is 3. The average Bonchev–Trinajstić information content (AvgIpc) is 2.55. The van der Waals surface area contributed by atoms with Crippen LogP contribution in [0.2, 0.25) is 0 Å². The zero-order valence-corrected chi connectivity index (χ0v) is 12.2. The topological polar surface area (TPSA) is 45.2 Å². The number of aromatic nitrogens is 1. The lowest BCUT2D eigenvalue weighted by Crippen LogP contribution is -2.40. The van der Waals surface area contributed by atoms with E-state index in [1.54, 1.807) is 6.20 Å². The third-order valence-corrected chi connectivity index (χ3v) is 3.98. The quantitative estimate of drug-likeness (QED) is 0.936. The van der Waals surface area contributed by atoms with Gasteiger partial charge in [-0.2, -0.15) is 0 Å². The van der Waals surface area contributed by atoms with Gasteiger partial charge in [-0.25, -0.2) is 0 Å². The first-order valence-corrected chi connectivity index (χ1v) is 7.65. The Hall–Kier alpha value is -1.94. The van der Waals surface area contributed by atoms with E-state index in [1.165, 1.54) is 12.0 Å². The van der Waals surface area contributed by atoms with Gasteiger partial charge in [0.05, 0.1) is 12.1 Å². The fraction of sp³-hybridized carbons (Fsp3) is 0.412. The van der Waals surface area contributed by atoms with Crippen molar-refractivity contribution >= 4 is 16.8 Å². The highest BCUT2D eigenvalue weighted by Gasteiger charge is 2.15. The first kappa shape index (κ1) is 14.0. The van der Waals surface area contributed by atoms with Gasteiger partial charge in [0.25, 0.3) is 0 Å². The predicted octanol–water partition coefficient (Wildman–Crippen LogP) is 2.34. The van der Waals surface area contributed by atoms with Crippen LogP contribution in [-0.2, 0) is 11.3 Å². The standard InChI is InChI=1S/C17H21N3O/c21-17(20-9-2-1-3-10-20)13-18-12-14-6-7-16-15(11-14)5-4-8-19-16/h4-8,11,18H,1-3,9-10,12-13H2. The number of benzene rings is 1. The van der Waals surface area contributed by atoms with Crippen LogP contribution in [0, 0.1) is 0 Å². The van der Waals surface area contributed by atoms with E-state index in [0.717, 1.165) is 36.8 Å².